The molecule has 0 radical (unpaired) electrons. The molecule has 0 unspecified atom stereocenters. The van der Waals surface area contributed by atoms with E-state index in [1.54, 1.807) is 25.1 Å². The van der Waals surface area contributed by atoms with Crippen molar-refractivity contribution in [1.82, 2.24) is 4.57 Å². The summed E-state index contributed by atoms with van der Waals surface area (Å²) in [5.41, 5.74) is -3.99. The molecule has 3 aromatic rings. The molecular weight excluding hydrogens is 489 g/mol. The molecule has 0 saturated carbocycles. The first-order chi connectivity index (χ1) is 17.6. The quantitative estimate of drug-likeness (QED) is 0.249. The van der Waals surface area contributed by atoms with Gasteiger partial charge in [-0.3, -0.25) is 9.59 Å². The molecule has 1 heterocycles. The number of carbonyl (C=O) groups is 2. The Morgan fingerprint density at radius 2 is 1.73 bits per heavy atom. The summed E-state index contributed by atoms with van der Waals surface area (Å²) in [6.45, 7) is 3.93. The maximum atomic E-state index is 14.0. The van der Waals surface area contributed by atoms with Gasteiger partial charge in [0.05, 0.1) is 28.9 Å². The van der Waals surface area contributed by atoms with Gasteiger partial charge in [0.1, 0.15) is 11.3 Å². The Morgan fingerprint density at radius 1 is 1.00 bits per heavy atom. The lowest BCUT2D eigenvalue weighted by molar-refractivity contribution is -0.137. The van der Waals surface area contributed by atoms with E-state index in [-0.39, 0.29) is 18.5 Å². The molecule has 0 aliphatic heterocycles. The van der Waals surface area contributed by atoms with Crippen LogP contribution in [-0.2, 0) is 17.5 Å². The monoisotopic (exact) mass is 518 g/mol. The first kappa shape index (κ1) is 27.8. The van der Waals surface area contributed by atoms with Crippen LogP contribution in [0.3, 0.4) is 0 Å². The number of alkyl halides is 3. The number of rotatable bonds is 10. The molecule has 7 nitrogen and oxygen atoms in total. The summed E-state index contributed by atoms with van der Waals surface area (Å²) in [4.78, 5) is 38.8. The molecule has 1 amide bonds. The number of esters is 1. The van der Waals surface area contributed by atoms with E-state index in [1.807, 2.05) is 6.92 Å². The van der Waals surface area contributed by atoms with E-state index in [1.165, 1.54) is 16.7 Å². The minimum Gasteiger partial charge on any atom is -0.506 e. The van der Waals surface area contributed by atoms with Gasteiger partial charge < -0.3 is 19.7 Å². The lowest BCUT2D eigenvalue weighted by Gasteiger charge is -2.18. The van der Waals surface area contributed by atoms with E-state index < -0.39 is 51.7 Å². The number of para-hydroxylation sites is 1. The topological polar surface area (TPSA) is 97.6 Å². The largest absolute Gasteiger partial charge is 0.506 e. The third kappa shape index (κ3) is 6.12. The third-order valence-electron chi connectivity index (χ3n) is 5.86. The number of aromatic nitrogens is 1. The van der Waals surface area contributed by atoms with Crippen LogP contribution >= 0.6 is 0 Å². The molecular formula is C27H29F3N2O5. The van der Waals surface area contributed by atoms with E-state index in [4.69, 9.17) is 4.74 Å². The lowest BCUT2D eigenvalue weighted by Crippen LogP contribution is -2.30. The van der Waals surface area contributed by atoms with Crippen molar-refractivity contribution in [2.75, 3.05) is 11.9 Å². The first-order valence-corrected chi connectivity index (χ1v) is 12.1. The number of ether oxygens (including phenoxy) is 1. The Hall–Kier alpha value is -3.82. The zero-order valence-electron chi connectivity index (χ0n) is 20.7. The molecule has 2 N–H and O–H groups in total. The molecule has 0 atom stereocenters. The van der Waals surface area contributed by atoms with Crippen molar-refractivity contribution < 1.29 is 32.6 Å². The van der Waals surface area contributed by atoms with Crippen molar-refractivity contribution in [3.05, 3.63) is 69.5 Å². The van der Waals surface area contributed by atoms with Crippen LogP contribution in [0.2, 0.25) is 0 Å². The van der Waals surface area contributed by atoms with Crippen molar-refractivity contribution in [2.24, 2.45) is 0 Å². The molecule has 0 aliphatic rings. The smallest absolute Gasteiger partial charge is 0.419 e. The molecule has 0 bridgehead atoms. The molecule has 10 heteroatoms. The summed E-state index contributed by atoms with van der Waals surface area (Å²) in [7, 11) is 0. The van der Waals surface area contributed by atoms with Gasteiger partial charge in [0.25, 0.3) is 11.5 Å². The number of amides is 1. The second-order valence-corrected chi connectivity index (χ2v) is 8.57. The Labute approximate surface area is 211 Å². The highest BCUT2D eigenvalue weighted by molar-refractivity contribution is 6.10. The average molecular weight is 519 g/mol. The molecule has 0 saturated heterocycles. The van der Waals surface area contributed by atoms with Gasteiger partial charge in [0, 0.05) is 11.9 Å². The van der Waals surface area contributed by atoms with Gasteiger partial charge in [-0.05, 0) is 37.1 Å². The number of nitrogens with one attached hydrogen (secondary N) is 1. The standard InChI is InChI=1S/C27H29F3N2O5/c1-3-5-6-9-15-32-20-14-8-7-11-17(20)23(33)21(25(32)35)24(34)31-19-13-10-12-18(22(19)27(28,29)30)26(36)37-16-4-2/h7-8,10-14,33H,3-6,9,15-16H2,1-2H3,(H,31,34). The highest BCUT2D eigenvalue weighted by Gasteiger charge is 2.39. The van der Waals surface area contributed by atoms with Crippen LogP contribution in [0.1, 0.15) is 72.2 Å². The Bertz CT molecular complexity index is 1350. The van der Waals surface area contributed by atoms with Gasteiger partial charge in [-0.25, -0.2) is 4.79 Å². The normalized spacial score (nSPS) is 11.5. The van der Waals surface area contributed by atoms with Gasteiger partial charge >= 0.3 is 12.1 Å². The summed E-state index contributed by atoms with van der Waals surface area (Å²) >= 11 is 0. The van der Waals surface area contributed by atoms with Crippen LogP contribution in [0.4, 0.5) is 18.9 Å². The van der Waals surface area contributed by atoms with Crippen molar-refractivity contribution in [2.45, 2.75) is 58.7 Å². The Balaban J connectivity index is 2.09. The van der Waals surface area contributed by atoms with Crippen molar-refractivity contribution >= 4 is 28.5 Å². The number of pyridine rings is 1. The van der Waals surface area contributed by atoms with Crippen LogP contribution < -0.4 is 10.9 Å². The molecule has 1 aromatic heterocycles. The third-order valence-corrected chi connectivity index (χ3v) is 5.86. The van der Waals surface area contributed by atoms with Gasteiger partial charge in [0.15, 0.2) is 0 Å². The minimum atomic E-state index is -5.02. The number of aryl methyl sites for hydroxylation is 1. The van der Waals surface area contributed by atoms with Crippen LogP contribution in [0, 0.1) is 0 Å². The number of anilines is 1. The van der Waals surface area contributed by atoms with Crippen LogP contribution in [0.5, 0.6) is 5.75 Å². The number of nitrogens with zero attached hydrogens (tertiary/aromatic N) is 1. The van der Waals surface area contributed by atoms with Gasteiger partial charge in [-0.15, -0.1) is 0 Å². The number of carbonyl (C=O) groups excluding carboxylic acids is 2. The molecule has 3 rings (SSSR count). The summed E-state index contributed by atoms with van der Waals surface area (Å²) in [6.07, 6.45) is -1.19. The van der Waals surface area contributed by atoms with Crippen LogP contribution in [0.25, 0.3) is 10.9 Å². The Kier molecular flexibility index (Phi) is 8.96. The second kappa shape index (κ2) is 11.9. The van der Waals surface area contributed by atoms with E-state index in [9.17, 15) is 32.7 Å². The van der Waals surface area contributed by atoms with Crippen molar-refractivity contribution in [3.63, 3.8) is 0 Å². The number of hydrogen-bond donors (Lipinski definition) is 2. The number of halogens is 3. The van der Waals surface area contributed by atoms with E-state index >= 15 is 0 Å². The second-order valence-electron chi connectivity index (χ2n) is 8.57. The van der Waals surface area contributed by atoms with Gasteiger partial charge in [-0.1, -0.05) is 51.3 Å². The summed E-state index contributed by atoms with van der Waals surface area (Å²) < 4.78 is 48.2. The highest BCUT2D eigenvalue weighted by atomic mass is 19.4. The van der Waals surface area contributed by atoms with Gasteiger partial charge in [-0.2, -0.15) is 13.2 Å². The molecule has 198 valence electrons. The van der Waals surface area contributed by atoms with E-state index in [2.05, 4.69) is 5.32 Å². The maximum absolute atomic E-state index is 14.0. The maximum Gasteiger partial charge on any atom is 0.419 e. The lowest BCUT2D eigenvalue weighted by atomic mass is 10.0. The van der Waals surface area contributed by atoms with Crippen LogP contribution in [-0.4, -0.2) is 28.2 Å². The highest BCUT2D eigenvalue weighted by Crippen LogP contribution is 2.38. The Morgan fingerprint density at radius 3 is 2.41 bits per heavy atom. The van der Waals surface area contributed by atoms with Crippen molar-refractivity contribution in [3.8, 4) is 5.75 Å². The number of unbranched alkanes of at least 4 members (excludes halogenated alkanes) is 3. The number of fused-ring (bicyclic) bond motifs is 1. The van der Waals surface area contributed by atoms with E-state index in [0.717, 1.165) is 31.4 Å². The predicted octanol–water partition coefficient (Wildman–Crippen LogP) is 6.13. The fraction of sp³-hybridized carbons (Fsp3) is 0.370. The molecule has 37 heavy (non-hydrogen) atoms. The van der Waals surface area contributed by atoms with E-state index in [0.29, 0.717) is 18.4 Å². The zero-order chi connectivity index (χ0) is 27.2. The number of hydrogen-bond acceptors (Lipinski definition) is 5. The number of benzene rings is 2. The molecule has 0 fully saturated rings. The fourth-order valence-electron chi connectivity index (χ4n) is 4.10. The van der Waals surface area contributed by atoms with Crippen LogP contribution in [0.15, 0.2) is 47.3 Å². The first-order valence-electron chi connectivity index (χ1n) is 12.1. The number of aromatic hydroxyl groups is 1. The average Bonchev–Trinajstić information content (AvgIpc) is 2.86. The minimum absolute atomic E-state index is 0.0739. The SMILES string of the molecule is CCCCCCn1c(=O)c(C(=O)Nc2cccc(C(=O)OCCC)c2C(F)(F)F)c(O)c2ccccc21. The molecule has 0 aliphatic carbocycles. The predicted molar refractivity (Wildman–Crippen MR) is 134 cm³/mol. The van der Waals surface area contributed by atoms with Gasteiger partial charge in [0.2, 0.25) is 0 Å². The molecule has 0 spiro atoms. The zero-order valence-corrected chi connectivity index (χ0v) is 20.7. The summed E-state index contributed by atoms with van der Waals surface area (Å²) in [6, 6.07) is 9.54. The summed E-state index contributed by atoms with van der Waals surface area (Å²) in [5.74, 6) is -3.04. The molecule has 2 aromatic carbocycles. The summed E-state index contributed by atoms with van der Waals surface area (Å²) in [5, 5.41) is 13.1. The fourth-order valence-corrected chi connectivity index (χ4v) is 4.10. The van der Waals surface area contributed by atoms with Crippen molar-refractivity contribution in [1.29, 1.82) is 0 Å².